The van der Waals surface area contributed by atoms with Gasteiger partial charge in [-0.25, -0.2) is 4.68 Å². The van der Waals surface area contributed by atoms with Crippen LogP contribution in [-0.4, -0.2) is 40.1 Å². The van der Waals surface area contributed by atoms with Gasteiger partial charge >= 0.3 is 0 Å². The summed E-state index contributed by atoms with van der Waals surface area (Å²) in [6.45, 7) is 10.4. The molecule has 0 saturated heterocycles. The van der Waals surface area contributed by atoms with Crippen LogP contribution >= 0.6 is 0 Å². The first-order valence-corrected chi connectivity index (χ1v) is 12.4. The molecule has 3 rings (SSSR count). The topological polar surface area (TPSA) is 67.2 Å². The molecule has 0 aliphatic rings. The predicted molar refractivity (Wildman–Crippen MR) is 142 cm³/mol. The number of aryl methyl sites for hydroxylation is 2. The van der Waals surface area contributed by atoms with E-state index in [1.165, 1.54) is 23.3 Å². The maximum Gasteiger partial charge on any atom is 0.254 e. The Morgan fingerprint density at radius 1 is 1.00 bits per heavy atom. The van der Waals surface area contributed by atoms with Crippen LogP contribution in [0, 0.1) is 6.92 Å². The molecule has 1 N–H and O–H groups in total. The lowest BCUT2D eigenvalue weighted by Crippen LogP contribution is -2.35. The second kappa shape index (κ2) is 11.3. The van der Waals surface area contributed by atoms with Gasteiger partial charge in [-0.1, -0.05) is 70.4 Å². The van der Waals surface area contributed by atoms with E-state index in [-0.39, 0.29) is 23.8 Å². The zero-order valence-corrected chi connectivity index (χ0v) is 21.9. The van der Waals surface area contributed by atoms with Crippen LogP contribution in [0.15, 0.2) is 54.6 Å². The van der Waals surface area contributed by atoms with E-state index >= 15 is 0 Å². The van der Waals surface area contributed by atoms with Crippen molar-refractivity contribution in [3.8, 4) is 5.69 Å². The number of hydrogen-bond acceptors (Lipinski definition) is 3. The van der Waals surface area contributed by atoms with E-state index in [0.29, 0.717) is 11.4 Å². The number of rotatable bonds is 9. The molecule has 6 nitrogen and oxygen atoms in total. The van der Waals surface area contributed by atoms with Crippen LogP contribution in [0.2, 0.25) is 0 Å². The number of unbranched alkanes of at least 4 members (excludes halogenated alkanes) is 2. The Kier molecular flexibility index (Phi) is 8.49. The molecule has 0 bridgehead atoms. The number of nitrogens with zero attached hydrogens (tertiary/aromatic N) is 3. The molecule has 0 atom stereocenters. The van der Waals surface area contributed by atoms with Gasteiger partial charge in [0.15, 0.2) is 0 Å². The Morgan fingerprint density at radius 3 is 2.26 bits per heavy atom. The lowest BCUT2D eigenvalue weighted by atomic mass is 9.92. The SMILES string of the molecule is CCCCCc1ccc(C(=O)N(C)CC(=O)Nc2cc(C(C)(C)C)nn2-c2ccc(C)cc2)cc1. The van der Waals surface area contributed by atoms with Gasteiger partial charge in [-0.15, -0.1) is 0 Å². The van der Waals surface area contributed by atoms with Gasteiger partial charge in [0, 0.05) is 24.1 Å². The third-order valence-corrected chi connectivity index (χ3v) is 6.02. The number of carbonyl (C=O) groups excluding carboxylic acids is 2. The molecule has 1 aromatic heterocycles. The maximum atomic E-state index is 12.9. The van der Waals surface area contributed by atoms with E-state index in [0.717, 1.165) is 29.8 Å². The number of amides is 2. The van der Waals surface area contributed by atoms with Crippen LogP contribution in [0.1, 0.15) is 74.1 Å². The standard InChI is InChI=1S/C29H38N4O2/c1-7-8-9-10-22-13-15-23(16-14-22)28(35)32(6)20-27(34)30-26-19-25(29(3,4)5)31-33(26)24-17-11-21(2)12-18-24/h11-19H,7-10,20H2,1-6H3,(H,30,34). The molecule has 0 spiro atoms. The smallest absolute Gasteiger partial charge is 0.254 e. The summed E-state index contributed by atoms with van der Waals surface area (Å²) in [6.07, 6.45) is 4.57. The molecule has 186 valence electrons. The second-order valence-corrected chi connectivity index (χ2v) is 10.3. The molecule has 0 unspecified atom stereocenters. The van der Waals surface area contributed by atoms with Crippen molar-refractivity contribution in [1.29, 1.82) is 0 Å². The highest BCUT2D eigenvalue weighted by atomic mass is 16.2. The average molecular weight is 475 g/mol. The highest BCUT2D eigenvalue weighted by Gasteiger charge is 2.22. The summed E-state index contributed by atoms with van der Waals surface area (Å²) >= 11 is 0. The van der Waals surface area contributed by atoms with Crippen molar-refractivity contribution in [2.75, 3.05) is 18.9 Å². The fourth-order valence-corrected chi connectivity index (χ4v) is 3.80. The van der Waals surface area contributed by atoms with Crippen molar-refractivity contribution in [1.82, 2.24) is 14.7 Å². The predicted octanol–water partition coefficient (Wildman–Crippen LogP) is 5.92. The molecule has 6 heteroatoms. The van der Waals surface area contributed by atoms with E-state index in [2.05, 4.69) is 33.0 Å². The lowest BCUT2D eigenvalue weighted by Gasteiger charge is -2.17. The van der Waals surface area contributed by atoms with Crippen molar-refractivity contribution in [2.24, 2.45) is 0 Å². The number of hydrogen-bond donors (Lipinski definition) is 1. The van der Waals surface area contributed by atoms with Gasteiger partial charge in [-0.3, -0.25) is 9.59 Å². The molecular weight excluding hydrogens is 436 g/mol. The van der Waals surface area contributed by atoms with E-state index in [4.69, 9.17) is 5.10 Å². The van der Waals surface area contributed by atoms with Crippen LogP contribution in [0.5, 0.6) is 0 Å². The summed E-state index contributed by atoms with van der Waals surface area (Å²) < 4.78 is 1.75. The first kappa shape index (κ1) is 26.2. The minimum Gasteiger partial charge on any atom is -0.332 e. The normalized spacial score (nSPS) is 11.4. The lowest BCUT2D eigenvalue weighted by molar-refractivity contribution is -0.116. The van der Waals surface area contributed by atoms with Crippen LogP contribution in [0.4, 0.5) is 5.82 Å². The molecular formula is C29H38N4O2. The van der Waals surface area contributed by atoms with E-state index in [1.54, 1.807) is 11.7 Å². The van der Waals surface area contributed by atoms with Crippen molar-refractivity contribution in [3.05, 3.63) is 77.0 Å². The van der Waals surface area contributed by atoms with Gasteiger partial charge in [-0.2, -0.15) is 5.10 Å². The first-order chi connectivity index (χ1) is 16.6. The van der Waals surface area contributed by atoms with E-state index < -0.39 is 0 Å². The van der Waals surface area contributed by atoms with Crippen LogP contribution in [0.3, 0.4) is 0 Å². The Bertz CT molecular complexity index is 1140. The third kappa shape index (κ3) is 7.04. The Labute approximate surface area is 209 Å². The van der Waals surface area contributed by atoms with Gasteiger partial charge in [0.25, 0.3) is 5.91 Å². The summed E-state index contributed by atoms with van der Waals surface area (Å²) in [4.78, 5) is 27.2. The maximum absolute atomic E-state index is 12.9. The largest absolute Gasteiger partial charge is 0.332 e. The van der Waals surface area contributed by atoms with Gasteiger partial charge < -0.3 is 10.2 Å². The van der Waals surface area contributed by atoms with Gasteiger partial charge in [0.2, 0.25) is 5.91 Å². The molecule has 0 aliphatic heterocycles. The fourth-order valence-electron chi connectivity index (χ4n) is 3.80. The molecule has 0 aliphatic carbocycles. The van der Waals surface area contributed by atoms with Crippen molar-refractivity contribution >= 4 is 17.6 Å². The van der Waals surface area contributed by atoms with E-state index in [9.17, 15) is 9.59 Å². The Hall–Kier alpha value is -3.41. The molecule has 1 heterocycles. The number of anilines is 1. The molecule has 0 radical (unpaired) electrons. The van der Waals surface area contributed by atoms with E-state index in [1.807, 2.05) is 61.5 Å². The minimum absolute atomic E-state index is 0.0545. The van der Waals surface area contributed by atoms with Gasteiger partial charge in [0.05, 0.1) is 17.9 Å². The summed E-state index contributed by atoms with van der Waals surface area (Å²) in [6, 6.07) is 17.6. The number of carbonyl (C=O) groups is 2. The highest BCUT2D eigenvalue weighted by Crippen LogP contribution is 2.26. The summed E-state index contributed by atoms with van der Waals surface area (Å²) in [5.41, 5.74) is 4.53. The number of aromatic nitrogens is 2. The zero-order chi connectivity index (χ0) is 25.6. The molecule has 0 fully saturated rings. The molecule has 0 saturated carbocycles. The summed E-state index contributed by atoms with van der Waals surface area (Å²) in [5.74, 6) is 0.134. The average Bonchev–Trinajstić information content (AvgIpc) is 3.24. The van der Waals surface area contributed by atoms with Crippen molar-refractivity contribution in [3.63, 3.8) is 0 Å². The number of likely N-dealkylation sites (N-methyl/N-ethyl adjacent to an activating group) is 1. The van der Waals surface area contributed by atoms with Crippen molar-refractivity contribution < 1.29 is 9.59 Å². The highest BCUT2D eigenvalue weighted by molar-refractivity contribution is 5.99. The van der Waals surface area contributed by atoms with Gasteiger partial charge in [-0.05, 0) is 49.6 Å². The molecule has 35 heavy (non-hydrogen) atoms. The minimum atomic E-state index is -0.272. The zero-order valence-electron chi connectivity index (χ0n) is 21.9. The molecule has 2 amide bonds. The quantitative estimate of drug-likeness (QED) is 0.391. The number of nitrogens with one attached hydrogen (secondary N) is 1. The number of benzene rings is 2. The molecule has 3 aromatic rings. The van der Waals surface area contributed by atoms with Gasteiger partial charge in [0.1, 0.15) is 5.82 Å². The van der Waals surface area contributed by atoms with Crippen molar-refractivity contribution in [2.45, 2.75) is 65.7 Å². The molecule has 2 aromatic carbocycles. The van der Waals surface area contributed by atoms with Crippen LogP contribution in [0.25, 0.3) is 5.69 Å². The Balaban J connectivity index is 1.70. The first-order valence-electron chi connectivity index (χ1n) is 12.4. The van der Waals surface area contributed by atoms with Crippen LogP contribution < -0.4 is 5.32 Å². The Morgan fingerprint density at radius 2 is 1.66 bits per heavy atom. The summed E-state index contributed by atoms with van der Waals surface area (Å²) in [7, 11) is 1.65. The second-order valence-electron chi connectivity index (χ2n) is 10.3. The fraction of sp³-hybridized carbons (Fsp3) is 0.414. The van der Waals surface area contributed by atoms with Crippen LogP contribution in [-0.2, 0) is 16.6 Å². The third-order valence-electron chi connectivity index (χ3n) is 6.02. The monoisotopic (exact) mass is 474 g/mol. The summed E-state index contributed by atoms with van der Waals surface area (Å²) in [5, 5.41) is 7.71.